The molecular formula is C30H31NO4. The number of benzene rings is 4. The Labute approximate surface area is 206 Å². The number of anilines is 3. The van der Waals surface area contributed by atoms with Crippen molar-refractivity contribution in [3.8, 4) is 28.7 Å². The van der Waals surface area contributed by atoms with Crippen molar-refractivity contribution >= 4 is 17.1 Å². The highest BCUT2D eigenvalue weighted by Crippen LogP contribution is 2.47. The third-order valence-electron chi connectivity index (χ3n) is 6.85. The van der Waals surface area contributed by atoms with Gasteiger partial charge in [-0.3, -0.25) is 0 Å². The third kappa shape index (κ3) is 4.26. The Bertz CT molecular complexity index is 1370. The van der Waals surface area contributed by atoms with Crippen molar-refractivity contribution < 1.29 is 20.1 Å². The molecule has 0 radical (unpaired) electrons. The maximum absolute atomic E-state index is 10.4. The molecule has 4 aromatic carbocycles. The maximum Gasteiger partial charge on any atom is 0.151 e. The number of phenolic OH excluding ortho intramolecular Hbond substituents is 3. The molecule has 3 N–H and O–H groups in total. The monoisotopic (exact) mass is 469 g/mol. The molecule has 0 amide bonds. The summed E-state index contributed by atoms with van der Waals surface area (Å²) in [6.45, 7) is 11.4. The molecule has 0 heterocycles. The second kappa shape index (κ2) is 9.26. The normalized spacial score (nSPS) is 10.9. The topological polar surface area (TPSA) is 73.2 Å². The lowest BCUT2D eigenvalue weighted by Gasteiger charge is -2.31. The minimum atomic E-state index is 0.215. The standard InChI is InChI=1S/C30H31NO4/c1-17-11-16-28(22(6)30(17)34)35-29-10-8-7-9-25(29)31(23-12-14-26(32)20(4)18(23)2)24-13-15-27(33)21(5)19(24)3/h7-16,32-34H,1-6H3. The van der Waals surface area contributed by atoms with Crippen LogP contribution in [-0.2, 0) is 0 Å². The Morgan fingerprint density at radius 1 is 0.514 bits per heavy atom. The average molecular weight is 470 g/mol. The van der Waals surface area contributed by atoms with Crippen molar-refractivity contribution in [2.75, 3.05) is 4.90 Å². The number of para-hydroxylation sites is 2. The van der Waals surface area contributed by atoms with Crippen LogP contribution in [0.15, 0.2) is 60.7 Å². The Hall–Kier alpha value is -4.12. The quantitative estimate of drug-likeness (QED) is 0.277. The Morgan fingerprint density at radius 3 is 1.63 bits per heavy atom. The number of rotatable bonds is 5. The molecule has 0 saturated heterocycles. The lowest BCUT2D eigenvalue weighted by atomic mass is 10.0. The van der Waals surface area contributed by atoms with Crippen LogP contribution in [-0.4, -0.2) is 15.3 Å². The van der Waals surface area contributed by atoms with Crippen molar-refractivity contribution in [3.63, 3.8) is 0 Å². The first-order chi connectivity index (χ1) is 16.6. The fraction of sp³-hybridized carbons (Fsp3) is 0.200. The molecule has 0 fully saturated rings. The van der Waals surface area contributed by atoms with Gasteiger partial charge in [0.15, 0.2) is 5.75 Å². The van der Waals surface area contributed by atoms with Crippen molar-refractivity contribution in [1.29, 1.82) is 0 Å². The zero-order valence-electron chi connectivity index (χ0n) is 21.0. The number of aryl methyl sites for hydroxylation is 1. The van der Waals surface area contributed by atoms with Crippen molar-refractivity contribution in [2.45, 2.75) is 41.5 Å². The first kappa shape index (κ1) is 24.0. The summed E-state index contributed by atoms with van der Waals surface area (Å²) in [6.07, 6.45) is 0. The summed E-state index contributed by atoms with van der Waals surface area (Å²) >= 11 is 0. The van der Waals surface area contributed by atoms with Crippen LogP contribution in [0.1, 0.15) is 33.4 Å². The molecule has 35 heavy (non-hydrogen) atoms. The van der Waals surface area contributed by atoms with E-state index in [2.05, 4.69) is 4.90 Å². The zero-order chi connectivity index (χ0) is 25.4. The van der Waals surface area contributed by atoms with Crippen LogP contribution in [0.2, 0.25) is 0 Å². The lowest BCUT2D eigenvalue weighted by molar-refractivity contribution is 0.445. The summed E-state index contributed by atoms with van der Waals surface area (Å²) in [4.78, 5) is 2.09. The Kier molecular flexibility index (Phi) is 6.35. The maximum atomic E-state index is 10.4. The molecule has 0 aromatic heterocycles. The summed E-state index contributed by atoms with van der Waals surface area (Å²) in [5.74, 6) is 1.86. The van der Waals surface area contributed by atoms with E-state index in [-0.39, 0.29) is 17.2 Å². The Balaban J connectivity index is 1.97. The molecule has 0 spiro atoms. The van der Waals surface area contributed by atoms with E-state index in [1.54, 1.807) is 12.1 Å². The highest BCUT2D eigenvalue weighted by atomic mass is 16.5. The van der Waals surface area contributed by atoms with Crippen molar-refractivity contribution in [1.82, 2.24) is 0 Å². The lowest BCUT2D eigenvalue weighted by Crippen LogP contribution is -2.14. The summed E-state index contributed by atoms with van der Waals surface area (Å²) in [6, 6.07) is 18.6. The van der Waals surface area contributed by atoms with Gasteiger partial charge >= 0.3 is 0 Å². The van der Waals surface area contributed by atoms with Gasteiger partial charge < -0.3 is 25.0 Å². The van der Waals surface area contributed by atoms with Gasteiger partial charge in [0.25, 0.3) is 0 Å². The molecule has 0 unspecified atom stereocenters. The van der Waals surface area contributed by atoms with Crippen molar-refractivity contribution in [3.05, 3.63) is 94.0 Å². The predicted molar refractivity (Wildman–Crippen MR) is 141 cm³/mol. The smallest absolute Gasteiger partial charge is 0.151 e. The van der Waals surface area contributed by atoms with Gasteiger partial charge in [0.2, 0.25) is 0 Å². The fourth-order valence-corrected chi connectivity index (χ4v) is 4.23. The molecule has 0 aliphatic heterocycles. The van der Waals surface area contributed by atoms with Crippen LogP contribution >= 0.6 is 0 Å². The van der Waals surface area contributed by atoms with Crippen LogP contribution < -0.4 is 9.64 Å². The largest absolute Gasteiger partial charge is 0.508 e. The van der Waals surface area contributed by atoms with E-state index in [0.717, 1.165) is 44.9 Å². The van der Waals surface area contributed by atoms with Crippen LogP contribution in [0.3, 0.4) is 0 Å². The number of aromatic hydroxyl groups is 3. The molecule has 4 rings (SSSR count). The highest BCUT2D eigenvalue weighted by Gasteiger charge is 2.23. The fourth-order valence-electron chi connectivity index (χ4n) is 4.23. The van der Waals surface area contributed by atoms with E-state index >= 15 is 0 Å². The van der Waals surface area contributed by atoms with Crippen LogP contribution in [0.4, 0.5) is 17.1 Å². The van der Waals surface area contributed by atoms with Crippen LogP contribution in [0.25, 0.3) is 0 Å². The van der Waals surface area contributed by atoms with Gasteiger partial charge in [0.05, 0.1) is 5.69 Å². The van der Waals surface area contributed by atoms with Gasteiger partial charge in [-0.25, -0.2) is 0 Å². The minimum Gasteiger partial charge on any atom is -0.508 e. The summed E-state index contributed by atoms with van der Waals surface area (Å²) in [5.41, 5.74) is 7.43. The molecule has 0 aliphatic carbocycles. The second-order valence-corrected chi connectivity index (χ2v) is 8.97. The van der Waals surface area contributed by atoms with Crippen molar-refractivity contribution in [2.24, 2.45) is 0 Å². The summed E-state index contributed by atoms with van der Waals surface area (Å²) < 4.78 is 6.39. The molecule has 5 heteroatoms. The third-order valence-corrected chi connectivity index (χ3v) is 6.85. The van der Waals surface area contributed by atoms with E-state index in [4.69, 9.17) is 4.74 Å². The number of hydrogen-bond donors (Lipinski definition) is 3. The van der Waals surface area contributed by atoms with Gasteiger partial charge in [-0.15, -0.1) is 0 Å². The molecule has 5 nitrogen and oxygen atoms in total. The molecule has 0 aliphatic rings. The summed E-state index contributed by atoms with van der Waals surface area (Å²) in [5, 5.41) is 31.1. The van der Waals surface area contributed by atoms with E-state index in [1.807, 2.05) is 90.1 Å². The second-order valence-electron chi connectivity index (χ2n) is 8.97. The van der Waals surface area contributed by atoms with E-state index in [9.17, 15) is 15.3 Å². The predicted octanol–water partition coefficient (Wildman–Crippen LogP) is 7.92. The molecule has 0 saturated carbocycles. The number of hydrogen-bond acceptors (Lipinski definition) is 5. The molecule has 0 atom stereocenters. The zero-order valence-corrected chi connectivity index (χ0v) is 21.0. The summed E-state index contributed by atoms with van der Waals surface area (Å²) in [7, 11) is 0. The minimum absolute atomic E-state index is 0.215. The van der Waals surface area contributed by atoms with E-state index < -0.39 is 0 Å². The molecular weight excluding hydrogens is 438 g/mol. The highest BCUT2D eigenvalue weighted by molar-refractivity contribution is 5.85. The first-order valence-corrected chi connectivity index (χ1v) is 11.6. The number of phenols is 3. The molecule has 180 valence electrons. The van der Waals surface area contributed by atoms with Gasteiger partial charge in [-0.2, -0.15) is 0 Å². The average Bonchev–Trinajstić information content (AvgIpc) is 2.85. The molecule has 0 bridgehead atoms. The Morgan fingerprint density at radius 2 is 1.06 bits per heavy atom. The molecule has 4 aromatic rings. The number of nitrogens with zero attached hydrogens (tertiary/aromatic N) is 1. The first-order valence-electron chi connectivity index (χ1n) is 11.6. The van der Waals surface area contributed by atoms with E-state index in [0.29, 0.717) is 17.1 Å². The van der Waals surface area contributed by atoms with E-state index in [1.165, 1.54) is 0 Å². The van der Waals surface area contributed by atoms with Gasteiger partial charge in [0, 0.05) is 16.9 Å². The van der Waals surface area contributed by atoms with Gasteiger partial charge in [-0.1, -0.05) is 18.2 Å². The van der Waals surface area contributed by atoms with Gasteiger partial charge in [0.1, 0.15) is 23.0 Å². The van der Waals surface area contributed by atoms with Gasteiger partial charge in [-0.05, 0) is 112 Å². The number of ether oxygens (including phenoxy) is 1. The SMILES string of the molecule is Cc1ccc(Oc2ccccc2N(c2ccc(O)c(C)c2C)c2ccc(O)c(C)c2C)c(C)c1O. The van der Waals surface area contributed by atoms with Crippen LogP contribution in [0.5, 0.6) is 28.7 Å². The van der Waals surface area contributed by atoms with Crippen LogP contribution in [0, 0.1) is 41.5 Å².